The van der Waals surface area contributed by atoms with Gasteiger partial charge < -0.3 is 9.84 Å². The monoisotopic (exact) mass is 432 g/mol. The predicted octanol–water partition coefficient (Wildman–Crippen LogP) is 6.77. The number of aliphatic hydroxyl groups is 1. The van der Waals surface area contributed by atoms with Crippen molar-refractivity contribution in [2.45, 2.75) is 117 Å². The number of carbonyl (C=O) groups excluding carboxylic acids is 1. The van der Waals surface area contributed by atoms with Crippen molar-refractivity contribution in [1.82, 2.24) is 0 Å². The molecule has 0 aromatic rings. The van der Waals surface area contributed by atoms with Crippen LogP contribution in [0.2, 0.25) is 0 Å². The first-order valence-electron chi connectivity index (χ1n) is 13.6. The van der Waals surface area contributed by atoms with Gasteiger partial charge >= 0.3 is 5.97 Å². The lowest BCUT2D eigenvalue weighted by atomic mass is 9.44. The van der Waals surface area contributed by atoms with Crippen LogP contribution in [0.25, 0.3) is 0 Å². The van der Waals surface area contributed by atoms with Gasteiger partial charge in [0.05, 0.1) is 12.7 Å². The highest BCUT2D eigenvalue weighted by molar-refractivity contribution is 5.69. The molecule has 1 N–H and O–H groups in total. The van der Waals surface area contributed by atoms with Gasteiger partial charge in [-0.25, -0.2) is 0 Å². The molecule has 4 rings (SSSR count). The molecule has 4 aliphatic rings. The molecule has 31 heavy (non-hydrogen) atoms. The molecule has 0 radical (unpaired) electrons. The van der Waals surface area contributed by atoms with Gasteiger partial charge in [-0.3, -0.25) is 4.79 Å². The third-order valence-electron chi connectivity index (χ3n) is 11.0. The normalized spacial score (nSPS) is 45.3. The van der Waals surface area contributed by atoms with Gasteiger partial charge in [0.25, 0.3) is 0 Å². The fraction of sp³-hybridized carbons (Fsp3) is 0.964. The lowest BCUT2D eigenvalue weighted by molar-refractivity contribution is -0.144. The second kappa shape index (κ2) is 9.35. The summed E-state index contributed by atoms with van der Waals surface area (Å²) in [5, 5.41) is 10.3. The molecule has 0 saturated heterocycles. The number of unbranched alkanes of at least 4 members (excludes halogenated alkanes) is 1. The molecule has 3 nitrogen and oxygen atoms in total. The number of fused-ring (bicyclic) bond motifs is 5. The Balaban J connectivity index is 1.38. The Kier molecular flexibility index (Phi) is 7.12. The average molecular weight is 433 g/mol. The van der Waals surface area contributed by atoms with E-state index in [1.807, 2.05) is 0 Å². The maximum atomic E-state index is 12.1. The Morgan fingerprint density at radius 2 is 1.77 bits per heavy atom. The van der Waals surface area contributed by atoms with Gasteiger partial charge in [-0.15, -0.1) is 0 Å². The van der Waals surface area contributed by atoms with Crippen molar-refractivity contribution in [3.8, 4) is 0 Å². The molecule has 0 aliphatic heterocycles. The average Bonchev–Trinajstić information content (AvgIpc) is 3.10. The predicted molar refractivity (Wildman–Crippen MR) is 125 cm³/mol. The summed E-state index contributed by atoms with van der Waals surface area (Å²) in [7, 11) is 0. The van der Waals surface area contributed by atoms with Gasteiger partial charge in [-0.2, -0.15) is 0 Å². The summed E-state index contributed by atoms with van der Waals surface area (Å²) in [5.74, 6) is 4.78. The minimum absolute atomic E-state index is 0.00874. The van der Waals surface area contributed by atoms with Crippen LogP contribution in [-0.4, -0.2) is 23.8 Å². The van der Waals surface area contributed by atoms with Crippen LogP contribution >= 0.6 is 0 Å². The minimum Gasteiger partial charge on any atom is -0.466 e. The van der Waals surface area contributed by atoms with Crippen LogP contribution in [0, 0.1) is 46.3 Å². The first kappa shape index (κ1) is 23.6. The topological polar surface area (TPSA) is 46.5 Å². The second-order valence-electron chi connectivity index (χ2n) is 12.4. The lowest BCUT2D eigenvalue weighted by Crippen LogP contribution is -2.54. The van der Waals surface area contributed by atoms with E-state index in [0.29, 0.717) is 29.8 Å². The Morgan fingerprint density at radius 1 is 1.03 bits per heavy atom. The molecule has 9 unspecified atom stereocenters. The van der Waals surface area contributed by atoms with Gasteiger partial charge in [0, 0.05) is 6.42 Å². The summed E-state index contributed by atoms with van der Waals surface area (Å²) in [6.45, 7) is 10.3. The largest absolute Gasteiger partial charge is 0.466 e. The van der Waals surface area contributed by atoms with Gasteiger partial charge in [-0.05, 0) is 117 Å². The Hall–Kier alpha value is -0.570. The summed E-state index contributed by atoms with van der Waals surface area (Å²) < 4.78 is 5.41. The van der Waals surface area contributed by atoms with Crippen LogP contribution in [0.15, 0.2) is 0 Å². The first-order chi connectivity index (χ1) is 14.8. The summed E-state index contributed by atoms with van der Waals surface area (Å²) in [5.41, 5.74) is 0.930. The summed E-state index contributed by atoms with van der Waals surface area (Å²) in [6.07, 6.45) is 15.2. The quantitative estimate of drug-likeness (QED) is 0.357. The molecule has 9 atom stereocenters. The molecule has 0 aromatic heterocycles. The van der Waals surface area contributed by atoms with Gasteiger partial charge in [0.15, 0.2) is 0 Å². The van der Waals surface area contributed by atoms with Gasteiger partial charge in [0.1, 0.15) is 0 Å². The van der Waals surface area contributed by atoms with Crippen molar-refractivity contribution in [2.24, 2.45) is 46.3 Å². The molecule has 0 spiro atoms. The third kappa shape index (κ3) is 4.34. The molecule has 178 valence electrons. The molecule has 0 aromatic carbocycles. The van der Waals surface area contributed by atoms with Gasteiger partial charge in [0.2, 0.25) is 0 Å². The number of aliphatic hydroxyl groups excluding tert-OH is 1. The van der Waals surface area contributed by atoms with Crippen molar-refractivity contribution in [3.63, 3.8) is 0 Å². The van der Waals surface area contributed by atoms with Crippen LogP contribution < -0.4 is 0 Å². The van der Waals surface area contributed by atoms with E-state index in [9.17, 15) is 9.90 Å². The third-order valence-corrected chi connectivity index (χ3v) is 11.0. The van der Waals surface area contributed by atoms with E-state index in [-0.39, 0.29) is 12.1 Å². The van der Waals surface area contributed by atoms with Crippen LogP contribution in [0.5, 0.6) is 0 Å². The van der Waals surface area contributed by atoms with Crippen molar-refractivity contribution in [2.75, 3.05) is 6.61 Å². The van der Waals surface area contributed by atoms with E-state index in [0.717, 1.165) is 61.7 Å². The highest BCUT2D eigenvalue weighted by atomic mass is 16.5. The van der Waals surface area contributed by atoms with E-state index in [4.69, 9.17) is 4.74 Å². The SMILES string of the molecule is CCCCOC(=O)CCC(C)C1CCC2C3CCC4CC(O)CCC4(C)C3CCC12C. The maximum Gasteiger partial charge on any atom is 0.305 e. The number of hydrogen-bond donors (Lipinski definition) is 1. The second-order valence-corrected chi connectivity index (χ2v) is 12.4. The van der Waals surface area contributed by atoms with E-state index >= 15 is 0 Å². The van der Waals surface area contributed by atoms with Crippen molar-refractivity contribution in [3.05, 3.63) is 0 Å². The zero-order valence-electron chi connectivity index (χ0n) is 20.7. The van der Waals surface area contributed by atoms with Crippen LogP contribution in [0.1, 0.15) is 111 Å². The van der Waals surface area contributed by atoms with E-state index in [1.165, 1.54) is 44.9 Å². The smallest absolute Gasteiger partial charge is 0.305 e. The highest BCUT2D eigenvalue weighted by Crippen LogP contribution is 2.68. The number of carbonyl (C=O) groups is 1. The fourth-order valence-corrected chi connectivity index (χ4v) is 9.16. The summed E-state index contributed by atoms with van der Waals surface area (Å²) >= 11 is 0. The van der Waals surface area contributed by atoms with E-state index in [1.54, 1.807) is 0 Å². The fourth-order valence-electron chi connectivity index (χ4n) is 9.16. The summed E-state index contributed by atoms with van der Waals surface area (Å²) in [4.78, 5) is 12.1. The molecule has 0 bridgehead atoms. The number of esters is 1. The lowest BCUT2D eigenvalue weighted by Gasteiger charge is -2.61. The highest BCUT2D eigenvalue weighted by Gasteiger charge is 2.60. The zero-order valence-corrected chi connectivity index (χ0v) is 20.7. The molecule has 4 aliphatic carbocycles. The standard InChI is InChI=1S/C28H48O3/c1-5-6-17-31-26(30)12-7-19(2)23-10-11-24-22-9-8-20-18-21(29)13-15-27(20,3)25(22)14-16-28(23,24)4/h19-25,29H,5-18H2,1-4H3. The number of ether oxygens (including phenoxy) is 1. The Bertz CT molecular complexity index is 632. The molecule has 3 heteroatoms. The van der Waals surface area contributed by atoms with Crippen LogP contribution in [-0.2, 0) is 9.53 Å². The minimum atomic E-state index is -0.0474. The first-order valence-corrected chi connectivity index (χ1v) is 13.6. The summed E-state index contributed by atoms with van der Waals surface area (Å²) in [6, 6.07) is 0. The Morgan fingerprint density at radius 3 is 2.55 bits per heavy atom. The zero-order chi connectivity index (χ0) is 22.2. The van der Waals surface area contributed by atoms with Crippen molar-refractivity contribution < 1.29 is 14.6 Å². The van der Waals surface area contributed by atoms with Crippen molar-refractivity contribution >= 4 is 5.97 Å². The number of hydrogen-bond acceptors (Lipinski definition) is 3. The van der Waals surface area contributed by atoms with E-state index in [2.05, 4.69) is 27.7 Å². The molecular weight excluding hydrogens is 384 g/mol. The molecule has 0 amide bonds. The molecule has 4 fully saturated rings. The van der Waals surface area contributed by atoms with E-state index < -0.39 is 0 Å². The van der Waals surface area contributed by atoms with Crippen molar-refractivity contribution in [1.29, 1.82) is 0 Å². The number of rotatable bonds is 7. The Labute approximate surface area is 191 Å². The molecular formula is C28H48O3. The maximum absolute atomic E-state index is 12.1. The molecule has 0 heterocycles. The molecule has 4 saturated carbocycles. The van der Waals surface area contributed by atoms with Gasteiger partial charge in [-0.1, -0.05) is 34.1 Å². The van der Waals surface area contributed by atoms with Crippen LogP contribution in [0.4, 0.5) is 0 Å². The van der Waals surface area contributed by atoms with Crippen LogP contribution in [0.3, 0.4) is 0 Å².